The van der Waals surface area contributed by atoms with Crippen LogP contribution >= 0.6 is 23.5 Å². The Bertz CT molecular complexity index is 399. The maximum absolute atomic E-state index is 11.8. The monoisotopic (exact) mass is 303 g/mol. The molecule has 0 spiro atoms. The van der Waals surface area contributed by atoms with Gasteiger partial charge in [-0.25, -0.2) is 4.79 Å². The highest BCUT2D eigenvalue weighted by Gasteiger charge is 2.23. The Morgan fingerprint density at radius 3 is 2.53 bits per heavy atom. The number of para-hydroxylation sites is 1. The quantitative estimate of drug-likeness (QED) is 0.444. The van der Waals surface area contributed by atoms with Gasteiger partial charge in [0.25, 0.3) is 0 Å². The lowest BCUT2D eigenvalue weighted by atomic mass is 9.92. The summed E-state index contributed by atoms with van der Waals surface area (Å²) in [6.45, 7) is 0. The van der Waals surface area contributed by atoms with Crippen LogP contribution in [0.2, 0.25) is 0 Å². The van der Waals surface area contributed by atoms with Gasteiger partial charge >= 0.3 is 5.97 Å². The Morgan fingerprint density at radius 2 is 1.89 bits per heavy atom. The zero-order valence-electron chi connectivity index (χ0n) is 10.8. The Kier molecular flexibility index (Phi) is 7.68. The van der Waals surface area contributed by atoms with Crippen molar-refractivity contribution >= 4 is 35.1 Å². The third kappa shape index (κ3) is 5.29. The van der Waals surface area contributed by atoms with E-state index in [1.807, 2.05) is 18.2 Å². The molecule has 1 unspecified atom stereocenters. The molecule has 0 heterocycles. The van der Waals surface area contributed by atoms with E-state index in [9.17, 15) is 4.79 Å². The molecule has 1 aromatic carbocycles. The van der Waals surface area contributed by atoms with Gasteiger partial charge in [0.1, 0.15) is 11.9 Å². The highest BCUT2D eigenvalue weighted by atomic mass is 35.5. The first-order valence-corrected chi connectivity index (χ1v) is 7.27. The largest absolute Gasteiger partial charge is 0.398 e. The molecule has 2 N–H and O–H groups in total. The molecule has 0 aromatic heterocycles. The maximum atomic E-state index is 11.8. The third-order valence-electron chi connectivity index (χ3n) is 3.11. The number of carbonyl (C=O) groups is 1. The summed E-state index contributed by atoms with van der Waals surface area (Å²) in [4.78, 5) is 11.8. The van der Waals surface area contributed by atoms with Crippen molar-refractivity contribution in [2.75, 3.05) is 11.6 Å². The molecule has 0 aliphatic carbocycles. The molecule has 0 saturated carbocycles. The standard InChI is InChI=1S/C14H19Cl2NO2/c15-10-6-2-1-3-8-12(14(18)19-16)11-7-4-5-9-13(11)17/h4-5,7,9,12H,1-3,6,8,10,17H2. The number of hydrogen-bond acceptors (Lipinski definition) is 3. The molecule has 0 amide bonds. The van der Waals surface area contributed by atoms with E-state index < -0.39 is 11.9 Å². The van der Waals surface area contributed by atoms with Gasteiger partial charge in [-0.1, -0.05) is 37.5 Å². The SMILES string of the molecule is Nc1ccccc1C(CCCCCCCl)C(=O)OCl. The van der Waals surface area contributed by atoms with Crippen LogP contribution in [-0.2, 0) is 9.08 Å². The molecule has 106 valence electrons. The van der Waals surface area contributed by atoms with E-state index in [1.54, 1.807) is 6.07 Å². The molecule has 0 aliphatic heterocycles. The molecule has 1 rings (SSSR count). The lowest BCUT2D eigenvalue weighted by Gasteiger charge is -2.15. The molecule has 3 nitrogen and oxygen atoms in total. The molecule has 5 heteroatoms. The number of carbonyl (C=O) groups excluding carboxylic acids is 1. The van der Waals surface area contributed by atoms with Gasteiger partial charge < -0.3 is 10.0 Å². The summed E-state index contributed by atoms with van der Waals surface area (Å²) in [5, 5.41) is 0. The molecule has 0 aliphatic rings. The van der Waals surface area contributed by atoms with E-state index in [0.717, 1.165) is 31.2 Å². The fourth-order valence-electron chi connectivity index (χ4n) is 2.08. The second-order valence-corrected chi connectivity index (χ2v) is 5.00. The normalized spacial score (nSPS) is 12.1. The van der Waals surface area contributed by atoms with Crippen molar-refractivity contribution < 1.29 is 9.08 Å². The van der Waals surface area contributed by atoms with Crippen LogP contribution in [0.15, 0.2) is 24.3 Å². The number of nitrogens with two attached hydrogens (primary N) is 1. The fourth-order valence-corrected chi connectivity index (χ4v) is 2.38. The van der Waals surface area contributed by atoms with Crippen LogP contribution in [0.25, 0.3) is 0 Å². The minimum absolute atomic E-state index is 0.394. The van der Waals surface area contributed by atoms with Crippen molar-refractivity contribution in [1.29, 1.82) is 0 Å². The van der Waals surface area contributed by atoms with E-state index in [-0.39, 0.29) is 0 Å². The van der Waals surface area contributed by atoms with Gasteiger partial charge in [-0.05, 0) is 24.5 Å². The van der Waals surface area contributed by atoms with Crippen molar-refractivity contribution in [3.8, 4) is 0 Å². The first-order valence-electron chi connectivity index (χ1n) is 6.43. The number of halogens is 2. The Hall–Kier alpha value is -0.930. The molecule has 1 aromatic rings. The van der Waals surface area contributed by atoms with Crippen molar-refractivity contribution in [2.24, 2.45) is 0 Å². The van der Waals surface area contributed by atoms with Crippen LogP contribution in [0, 0.1) is 0 Å². The summed E-state index contributed by atoms with van der Waals surface area (Å²) in [7, 11) is 0. The average Bonchev–Trinajstić information content (AvgIpc) is 2.43. The molecule has 0 bridgehead atoms. The van der Waals surface area contributed by atoms with E-state index in [2.05, 4.69) is 4.29 Å². The summed E-state index contributed by atoms with van der Waals surface area (Å²) in [6.07, 6.45) is 4.70. The average molecular weight is 304 g/mol. The van der Waals surface area contributed by atoms with Crippen LogP contribution in [0.4, 0.5) is 5.69 Å². The van der Waals surface area contributed by atoms with Gasteiger partial charge in [0.15, 0.2) is 0 Å². The first-order chi connectivity index (χ1) is 9.20. The lowest BCUT2D eigenvalue weighted by Crippen LogP contribution is -2.14. The third-order valence-corrected chi connectivity index (χ3v) is 3.53. The molecule has 1 atom stereocenters. The lowest BCUT2D eigenvalue weighted by molar-refractivity contribution is -0.135. The number of anilines is 1. The van der Waals surface area contributed by atoms with E-state index in [1.165, 1.54) is 0 Å². The zero-order chi connectivity index (χ0) is 14.1. The van der Waals surface area contributed by atoms with Crippen LogP contribution < -0.4 is 5.73 Å². The predicted octanol–water partition coefficient (Wildman–Crippen LogP) is 4.24. The van der Waals surface area contributed by atoms with Gasteiger partial charge in [0, 0.05) is 11.6 Å². The van der Waals surface area contributed by atoms with Crippen molar-refractivity contribution in [3.63, 3.8) is 0 Å². The second-order valence-electron chi connectivity index (χ2n) is 4.47. The minimum Gasteiger partial charge on any atom is -0.398 e. The number of hydrogen-bond donors (Lipinski definition) is 1. The Labute approximate surface area is 124 Å². The number of unbranched alkanes of at least 4 members (excludes halogenated alkanes) is 3. The summed E-state index contributed by atoms with van der Waals surface area (Å²) in [5.74, 6) is -0.162. The van der Waals surface area contributed by atoms with Crippen LogP contribution in [0.1, 0.15) is 43.6 Å². The number of benzene rings is 1. The minimum atomic E-state index is -0.447. The topological polar surface area (TPSA) is 52.3 Å². The van der Waals surface area contributed by atoms with Gasteiger partial charge in [-0.15, -0.1) is 11.6 Å². The first kappa shape index (κ1) is 16.1. The highest BCUT2D eigenvalue weighted by molar-refractivity contribution is 6.17. The molecular formula is C14H19Cl2NO2. The van der Waals surface area contributed by atoms with Gasteiger partial charge in [-0.2, -0.15) is 0 Å². The summed E-state index contributed by atoms with van der Waals surface area (Å²) in [5.41, 5.74) is 7.27. The molecule has 0 fully saturated rings. The number of rotatable bonds is 8. The van der Waals surface area contributed by atoms with Crippen LogP contribution in [-0.4, -0.2) is 11.8 Å². The van der Waals surface area contributed by atoms with Gasteiger partial charge in [-0.3, -0.25) is 0 Å². The highest BCUT2D eigenvalue weighted by Crippen LogP contribution is 2.29. The smallest absolute Gasteiger partial charge is 0.332 e. The summed E-state index contributed by atoms with van der Waals surface area (Å²) < 4.78 is 4.36. The van der Waals surface area contributed by atoms with E-state index in [4.69, 9.17) is 29.2 Å². The number of alkyl halides is 1. The molecule has 0 saturated heterocycles. The summed E-state index contributed by atoms with van der Waals surface area (Å²) in [6, 6.07) is 7.31. The predicted molar refractivity (Wildman–Crippen MR) is 79.3 cm³/mol. The van der Waals surface area contributed by atoms with Crippen molar-refractivity contribution in [2.45, 2.75) is 38.0 Å². The van der Waals surface area contributed by atoms with E-state index >= 15 is 0 Å². The maximum Gasteiger partial charge on any atom is 0.332 e. The zero-order valence-corrected chi connectivity index (χ0v) is 12.3. The van der Waals surface area contributed by atoms with Crippen molar-refractivity contribution in [3.05, 3.63) is 29.8 Å². The molecular weight excluding hydrogens is 285 g/mol. The van der Waals surface area contributed by atoms with Crippen LogP contribution in [0.5, 0.6) is 0 Å². The van der Waals surface area contributed by atoms with Gasteiger partial charge in [0.2, 0.25) is 0 Å². The Morgan fingerprint density at radius 1 is 1.21 bits per heavy atom. The number of nitrogen functional groups attached to an aromatic ring is 1. The fraction of sp³-hybridized carbons (Fsp3) is 0.500. The van der Waals surface area contributed by atoms with E-state index in [0.29, 0.717) is 18.0 Å². The second kappa shape index (κ2) is 9.05. The van der Waals surface area contributed by atoms with Crippen molar-refractivity contribution in [1.82, 2.24) is 0 Å². The van der Waals surface area contributed by atoms with Gasteiger partial charge in [0.05, 0.1) is 5.92 Å². The molecule has 19 heavy (non-hydrogen) atoms. The molecule has 0 radical (unpaired) electrons. The van der Waals surface area contributed by atoms with Crippen LogP contribution in [0.3, 0.4) is 0 Å². The summed E-state index contributed by atoms with van der Waals surface area (Å²) >= 11 is 10.8. The Balaban J connectivity index is 2.63.